The Labute approximate surface area is 160 Å². The molecule has 2 aliphatic rings. The molecule has 1 aromatic rings. The highest BCUT2D eigenvalue weighted by Gasteiger charge is 2.41. The van der Waals surface area contributed by atoms with Gasteiger partial charge < -0.3 is 14.5 Å². The predicted octanol–water partition coefficient (Wildman–Crippen LogP) is 0.934. The van der Waals surface area contributed by atoms with Crippen LogP contribution in [0.15, 0.2) is 17.8 Å². The van der Waals surface area contributed by atoms with Crippen LogP contribution in [0.2, 0.25) is 0 Å². The molecular weight excluding hydrogens is 346 g/mol. The second-order valence-corrected chi connectivity index (χ2v) is 7.44. The number of aromatic nitrogens is 3. The number of aryl methyl sites for hydroxylation is 2. The molecule has 8 nitrogen and oxygen atoms in total. The van der Waals surface area contributed by atoms with Crippen molar-refractivity contribution in [3.63, 3.8) is 0 Å². The molecule has 0 aromatic carbocycles. The lowest BCUT2D eigenvalue weighted by Gasteiger charge is -2.47. The number of ether oxygens (including phenoxy) is 1. The molecule has 1 aromatic heterocycles. The SMILES string of the molecule is CC=C(C)C(=O)N1CCC2(CC1)CN(C(=O)CCc1cnn(C)n1)CCO2. The molecule has 1 spiro atoms. The minimum Gasteiger partial charge on any atom is -0.371 e. The van der Waals surface area contributed by atoms with E-state index in [1.54, 1.807) is 13.2 Å². The van der Waals surface area contributed by atoms with Gasteiger partial charge >= 0.3 is 0 Å². The van der Waals surface area contributed by atoms with Crippen molar-refractivity contribution in [2.75, 3.05) is 32.8 Å². The van der Waals surface area contributed by atoms with E-state index in [1.165, 1.54) is 4.80 Å². The summed E-state index contributed by atoms with van der Waals surface area (Å²) in [6.45, 7) is 6.86. The lowest BCUT2D eigenvalue weighted by Crippen LogP contribution is -2.58. The standard InChI is InChI=1S/C19H29N5O3/c1-4-15(2)18(26)23-9-7-19(8-10-23)14-24(11-12-27-19)17(25)6-5-16-13-20-22(3)21-16/h4,13H,5-12,14H2,1-3H3. The number of carbonyl (C=O) groups is 2. The highest BCUT2D eigenvalue weighted by atomic mass is 16.5. The quantitative estimate of drug-likeness (QED) is 0.732. The predicted molar refractivity (Wildman–Crippen MR) is 99.8 cm³/mol. The number of amides is 2. The summed E-state index contributed by atoms with van der Waals surface area (Å²) in [7, 11) is 1.77. The first-order chi connectivity index (χ1) is 12.9. The van der Waals surface area contributed by atoms with Crippen molar-refractivity contribution in [3.8, 4) is 0 Å². The molecule has 0 unspecified atom stereocenters. The van der Waals surface area contributed by atoms with Gasteiger partial charge in [0.05, 0.1) is 24.1 Å². The molecule has 0 bridgehead atoms. The molecule has 2 aliphatic heterocycles. The molecule has 27 heavy (non-hydrogen) atoms. The minimum absolute atomic E-state index is 0.0973. The Balaban J connectivity index is 1.53. The molecule has 0 aliphatic carbocycles. The molecule has 2 fully saturated rings. The summed E-state index contributed by atoms with van der Waals surface area (Å²) in [5, 5.41) is 8.26. The normalized spacial score (nSPS) is 20.2. The number of piperidine rings is 1. The highest BCUT2D eigenvalue weighted by Crippen LogP contribution is 2.31. The van der Waals surface area contributed by atoms with Gasteiger partial charge in [-0.2, -0.15) is 15.0 Å². The molecule has 3 rings (SSSR count). The fraction of sp³-hybridized carbons (Fsp3) is 0.684. The van der Waals surface area contributed by atoms with Crippen LogP contribution in [-0.4, -0.2) is 75.0 Å². The fourth-order valence-electron chi connectivity index (χ4n) is 3.75. The zero-order valence-electron chi connectivity index (χ0n) is 16.5. The van der Waals surface area contributed by atoms with Gasteiger partial charge in [-0.1, -0.05) is 6.08 Å². The number of morpholine rings is 1. The first kappa shape index (κ1) is 19.5. The number of allylic oxidation sites excluding steroid dienone is 1. The van der Waals surface area contributed by atoms with Crippen LogP contribution in [0.4, 0.5) is 0 Å². The van der Waals surface area contributed by atoms with E-state index in [2.05, 4.69) is 10.2 Å². The van der Waals surface area contributed by atoms with Gasteiger partial charge in [-0.25, -0.2) is 0 Å². The molecule has 8 heteroatoms. The zero-order valence-corrected chi connectivity index (χ0v) is 16.5. The van der Waals surface area contributed by atoms with Crippen molar-refractivity contribution in [3.05, 3.63) is 23.5 Å². The molecule has 0 saturated carbocycles. The topological polar surface area (TPSA) is 80.6 Å². The number of hydrogen-bond donors (Lipinski definition) is 0. The van der Waals surface area contributed by atoms with Crippen molar-refractivity contribution >= 4 is 11.8 Å². The van der Waals surface area contributed by atoms with Crippen LogP contribution in [0.25, 0.3) is 0 Å². The fourth-order valence-corrected chi connectivity index (χ4v) is 3.75. The van der Waals surface area contributed by atoms with Gasteiger partial charge in [0.1, 0.15) is 0 Å². The van der Waals surface area contributed by atoms with E-state index in [-0.39, 0.29) is 17.4 Å². The van der Waals surface area contributed by atoms with Gasteiger partial charge in [0, 0.05) is 51.6 Å². The Kier molecular flexibility index (Phi) is 5.94. The Bertz CT molecular complexity index is 719. The first-order valence-electron chi connectivity index (χ1n) is 9.61. The van der Waals surface area contributed by atoms with E-state index in [9.17, 15) is 9.59 Å². The maximum absolute atomic E-state index is 12.6. The van der Waals surface area contributed by atoms with Crippen molar-refractivity contribution in [2.45, 2.75) is 45.1 Å². The zero-order chi connectivity index (χ0) is 19.4. The molecular formula is C19H29N5O3. The molecule has 0 N–H and O–H groups in total. The van der Waals surface area contributed by atoms with Gasteiger partial charge in [-0.3, -0.25) is 9.59 Å². The van der Waals surface area contributed by atoms with E-state index >= 15 is 0 Å². The molecule has 0 radical (unpaired) electrons. The summed E-state index contributed by atoms with van der Waals surface area (Å²) in [6, 6.07) is 0. The summed E-state index contributed by atoms with van der Waals surface area (Å²) in [5.41, 5.74) is 1.29. The van der Waals surface area contributed by atoms with E-state index in [1.807, 2.05) is 29.7 Å². The van der Waals surface area contributed by atoms with Gasteiger partial charge in [0.2, 0.25) is 11.8 Å². The van der Waals surface area contributed by atoms with Crippen molar-refractivity contribution in [2.24, 2.45) is 7.05 Å². The maximum atomic E-state index is 12.6. The van der Waals surface area contributed by atoms with Crippen LogP contribution in [0.5, 0.6) is 0 Å². The molecule has 2 saturated heterocycles. The average molecular weight is 375 g/mol. The van der Waals surface area contributed by atoms with E-state index in [4.69, 9.17) is 4.74 Å². The smallest absolute Gasteiger partial charge is 0.249 e. The second kappa shape index (κ2) is 8.21. The summed E-state index contributed by atoms with van der Waals surface area (Å²) in [5.74, 6) is 0.228. The van der Waals surface area contributed by atoms with Crippen molar-refractivity contribution in [1.82, 2.24) is 24.8 Å². The summed E-state index contributed by atoms with van der Waals surface area (Å²) < 4.78 is 6.10. The Hall–Kier alpha value is -2.22. The lowest BCUT2D eigenvalue weighted by atomic mass is 9.89. The first-order valence-corrected chi connectivity index (χ1v) is 9.61. The lowest BCUT2D eigenvalue weighted by molar-refractivity contribution is -0.162. The number of likely N-dealkylation sites (tertiary alicyclic amines) is 1. The molecule has 2 amide bonds. The monoisotopic (exact) mass is 375 g/mol. The van der Waals surface area contributed by atoms with Gasteiger partial charge in [-0.15, -0.1) is 0 Å². The van der Waals surface area contributed by atoms with Crippen LogP contribution < -0.4 is 0 Å². The summed E-state index contributed by atoms with van der Waals surface area (Å²) in [4.78, 5) is 30.3. The molecule has 3 heterocycles. The third-order valence-corrected chi connectivity index (χ3v) is 5.58. The van der Waals surface area contributed by atoms with Crippen LogP contribution >= 0.6 is 0 Å². The highest BCUT2D eigenvalue weighted by molar-refractivity contribution is 5.92. The third-order valence-electron chi connectivity index (χ3n) is 5.58. The van der Waals surface area contributed by atoms with E-state index < -0.39 is 0 Å². The third kappa shape index (κ3) is 4.55. The minimum atomic E-state index is -0.318. The second-order valence-electron chi connectivity index (χ2n) is 7.44. The van der Waals surface area contributed by atoms with Crippen molar-refractivity contribution in [1.29, 1.82) is 0 Å². The number of hydrogen-bond acceptors (Lipinski definition) is 5. The van der Waals surface area contributed by atoms with Crippen LogP contribution in [-0.2, 0) is 27.8 Å². The summed E-state index contributed by atoms with van der Waals surface area (Å²) in [6.07, 6.45) is 6.12. The Morgan fingerprint density at radius 2 is 2.00 bits per heavy atom. The maximum Gasteiger partial charge on any atom is 0.249 e. The van der Waals surface area contributed by atoms with Crippen molar-refractivity contribution < 1.29 is 14.3 Å². The van der Waals surface area contributed by atoms with E-state index in [0.29, 0.717) is 45.6 Å². The van der Waals surface area contributed by atoms with Crippen LogP contribution in [0.3, 0.4) is 0 Å². The molecule has 148 valence electrons. The number of rotatable bonds is 4. The summed E-state index contributed by atoms with van der Waals surface area (Å²) >= 11 is 0. The van der Waals surface area contributed by atoms with Gasteiger partial charge in [0.25, 0.3) is 0 Å². The number of nitrogens with zero attached hydrogens (tertiary/aromatic N) is 5. The van der Waals surface area contributed by atoms with Crippen LogP contribution in [0.1, 0.15) is 38.8 Å². The molecule has 0 atom stereocenters. The van der Waals surface area contributed by atoms with Gasteiger partial charge in [-0.05, 0) is 26.7 Å². The van der Waals surface area contributed by atoms with Crippen LogP contribution in [0, 0.1) is 0 Å². The largest absolute Gasteiger partial charge is 0.371 e. The Morgan fingerprint density at radius 3 is 2.63 bits per heavy atom. The van der Waals surface area contributed by atoms with E-state index in [0.717, 1.165) is 24.1 Å². The average Bonchev–Trinajstić information content (AvgIpc) is 3.11. The Morgan fingerprint density at radius 1 is 1.26 bits per heavy atom. The number of carbonyl (C=O) groups excluding carboxylic acids is 2. The van der Waals surface area contributed by atoms with Gasteiger partial charge in [0.15, 0.2) is 0 Å².